The first-order valence-corrected chi connectivity index (χ1v) is 11.0. The van der Waals surface area contributed by atoms with Crippen molar-refractivity contribution in [2.75, 3.05) is 13.2 Å². The van der Waals surface area contributed by atoms with E-state index < -0.39 is 11.9 Å². The second-order valence-electron chi connectivity index (χ2n) is 6.96. The number of hydrogen-bond donors (Lipinski definition) is 3. The molecule has 0 aliphatic carbocycles. The zero-order valence-corrected chi connectivity index (χ0v) is 18.8. The predicted octanol–water partition coefficient (Wildman–Crippen LogP) is 4.53. The van der Waals surface area contributed by atoms with Crippen LogP contribution in [0.15, 0.2) is 65.4 Å². The first-order valence-electron chi connectivity index (χ1n) is 10.0. The van der Waals surface area contributed by atoms with E-state index in [1.54, 1.807) is 11.3 Å². The summed E-state index contributed by atoms with van der Waals surface area (Å²) < 4.78 is 11.6. The Kier molecular flexibility index (Phi) is 10.2. The van der Waals surface area contributed by atoms with Crippen molar-refractivity contribution in [2.24, 2.45) is 0 Å². The molecule has 0 saturated heterocycles. The lowest BCUT2D eigenvalue weighted by molar-refractivity contribution is -0.159. The molecule has 0 saturated carbocycles. The van der Waals surface area contributed by atoms with Gasteiger partial charge in [-0.15, -0.1) is 0 Å². The predicted molar refractivity (Wildman–Crippen MR) is 124 cm³/mol. The second kappa shape index (κ2) is 13.1. The van der Waals surface area contributed by atoms with Gasteiger partial charge in [-0.05, 0) is 65.6 Å². The van der Waals surface area contributed by atoms with Gasteiger partial charge in [0.05, 0.1) is 6.10 Å². The lowest BCUT2D eigenvalue weighted by Crippen LogP contribution is -2.20. The van der Waals surface area contributed by atoms with E-state index in [1.807, 2.05) is 38.1 Å². The van der Waals surface area contributed by atoms with E-state index in [0.29, 0.717) is 6.61 Å². The van der Waals surface area contributed by atoms with Crippen molar-refractivity contribution in [3.63, 3.8) is 0 Å². The van der Waals surface area contributed by atoms with Crippen LogP contribution in [0.25, 0.3) is 11.1 Å². The highest BCUT2D eigenvalue weighted by molar-refractivity contribution is 7.08. The van der Waals surface area contributed by atoms with Crippen LogP contribution in [-0.4, -0.2) is 41.4 Å². The van der Waals surface area contributed by atoms with Crippen molar-refractivity contribution >= 4 is 23.3 Å². The quantitative estimate of drug-likeness (QED) is 0.320. The molecule has 3 aromatic rings. The van der Waals surface area contributed by atoms with Crippen LogP contribution in [0.3, 0.4) is 0 Å². The Morgan fingerprint density at radius 1 is 0.969 bits per heavy atom. The fourth-order valence-corrected chi connectivity index (χ4v) is 3.34. The van der Waals surface area contributed by atoms with Gasteiger partial charge in [0.1, 0.15) is 6.61 Å². The molecule has 170 valence electrons. The molecule has 0 spiro atoms. The van der Waals surface area contributed by atoms with Gasteiger partial charge in [0, 0.05) is 13.1 Å². The molecule has 0 atom stereocenters. The lowest BCUT2D eigenvalue weighted by Gasteiger charge is -2.15. The van der Waals surface area contributed by atoms with Crippen LogP contribution in [0, 0.1) is 0 Å². The molecule has 2 aromatic carbocycles. The summed E-state index contributed by atoms with van der Waals surface area (Å²) in [6.07, 6.45) is 0.133. The molecule has 1 heterocycles. The van der Waals surface area contributed by atoms with E-state index in [1.165, 1.54) is 16.7 Å². The molecular weight excluding hydrogens is 430 g/mol. The Bertz CT molecular complexity index is 976. The smallest absolute Gasteiger partial charge is 0.414 e. The summed E-state index contributed by atoms with van der Waals surface area (Å²) in [6, 6.07) is 18.6. The molecule has 0 unspecified atom stereocenters. The third-order valence-corrected chi connectivity index (χ3v) is 4.73. The Balaban J connectivity index is 0.000000534. The minimum Gasteiger partial charge on any atom is -0.488 e. The van der Waals surface area contributed by atoms with Crippen molar-refractivity contribution in [1.29, 1.82) is 0 Å². The van der Waals surface area contributed by atoms with Gasteiger partial charge in [-0.25, -0.2) is 9.59 Å². The zero-order valence-electron chi connectivity index (χ0n) is 18.0. The molecule has 0 bridgehead atoms. The van der Waals surface area contributed by atoms with Gasteiger partial charge in [0.2, 0.25) is 0 Å². The molecule has 0 fully saturated rings. The van der Waals surface area contributed by atoms with Crippen molar-refractivity contribution in [2.45, 2.75) is 26.5 Å². The highest BCUT2D eigenvalue weighted by Gasteiger charge is 2.06. The Morgan fingerprint density at radius 2 is 1.69 bits per heavy atom. The SMILES string of the molecule is CC(C)Oc1ccccc1OCCNCc1cccc(-c2ccsc2)c1.O=C(O)C(=O)O. The van der Waals surface area contributed by atoms with Gasteiger partial charge in [-0.3, -0.25) is 0 Å². The number of para-hydroxylation sites is 2. The number of benzene rings is 2. The number of carboxylic acid groups (broad SMARTS) is 2. The van der Waals surface area contributed by atoms with Crippen molar-refractivity contribution in [3.8, 4) is 22.6 Å². The number of carboxylic acids is 2. The molecule has 7 nitrogen and oxygen atoms in total. The maximum Gasteiger partial charge on any atom is 0.414 e. The summed E-state index contributed by atoms with van der Waals surface area (Å²) in [5.41, 5.74) is 3.82. The monoisotopic (exact) mass is 457 g/mol. The molecule has 0 radical (unpaired) electrons. The highest BCUT2D eigenvalue weighted by atomic mass is 32.1. The van der Waals surface area contributed by atoms with E-state index in [4.69, 9.17) is 29.3 Å². The van der Waals surface area contributed by atoms with Crippen LogP contribution < -0.4 is 14.8 Å². The zero-order chi connectivity index (χ0) is 23.3. The van der Waals surface area contributed by atoms with E-state index in [0.717, 1.165) is 24.6 Å². The third kappa shape index (κ3) is 8.79. The lowest BCUT2D eigenvalue weighted by atomic mass is 10.1. The van der Waals surface area contributed by atoms with Crippen molar-refractivity contribution in [1.82, 2.24) is 5.32 Å². The van der Waals surface area contributed by atoms with E-state index in [9.17, 15) is 0 Å². The summed E-state index contributed by atoms with van der Waals surface area (Å²) in [4.78, 5) is 18.2. The molecular formula is C24H27NO6S. The van der Waals surface area contributed by atoms with Gasteiger partial charge in [0.25, 0.3) is 0 Å². The number of aliphatic carboxylic acids is 2. The number of carbonyl (C=O) groups is 2. The van der Waals surface area contributed by atoms with Crippen LogP contribution >= 0.6 is 11.3 Å². The van der Waals surface area contributed by atoms with Gasteiger partial charge >= 0.3 is 11.9 Å². The van der Waals surface area contributed by atoms with Gasteiger partial charge < -0.3 is 25.0 Å². The largest absolute Gasteiger partial charge is 0.488 e. The first-order chi connectivity index (χ1) is 15.4. The van der Waals surface area contributed by atoms with Gasteiger partial charge in [-0.2, -0.15) is 11.3 Å². The fraction of sp³-hybridized carbons (Fsp3) is 0.250. The average molecular weight is 458 g/mol. The molecule has 0 aliphatic rings. The molecule has 3 N–H and O–H groups in total. The third-order valence-electron chi connectivity index (χ3n) is 4.04. The first kappa shape index (κ1) is 24.9. The molecule has 0 aliphatic heterocycles. The Hall–Kier alpha value is -3.36. The fourth-order valence-electron chi connectivity index (χ4n) is 2.68. The van der Waals surface area contributed by atoms with Crippen LogP contribution in [0.5, 0.6) is 11.5 Å². The molecule has 8 heteroatoms. The summed E-state index contributed by atoms with van der Waals surface area (Å²) in [5, 5.41) is 22.5. The van der Waals surface area contributed by atoms with Crippen LogP contribution in [0.1, 0.15) is 19.4 Å². The normalized spacial score (nSPS) is 10.2. The summed E-state index contributed by atoms with van der Waals surface area (Å²) in [7, 11) is 0. The van der Waals surface area contributed by atoms with Crippen molar-refractivity contribution < 1.29 is 29.3 Å². The standard InChI is InChI=1S/C22H25NO2S.C2H2O4/c1-17(2)25-22-9-4-3-8-21(22)24-12-11-23-15-18-6-5-7-19(14-18)20-10-13-26-16-20;3-1(4)2(5)6/h3-10,13-14,16-17,23H,11-12,15H2,1-2H3;(H,3,4)(H,5,6). The number of hydrogen-bond acceptors (Lipinski definition) is 6. The average Bonchev–Trinajstić information content (AvgIpc) is 3.30. The van der Waals surface area contributed by atoms with Crippen molar-refractivity contribution in [3.05, 3.63) is 70.9 Å². The van der Waals surface area contributed by atoms with E-state index >= 15 is 0 Å². The minimum absolute atomic E-state index is 0.133. The maximum atomic E-state index is 9.10. The number of rotatable bonds is 9. The highest BCUT2D eigenvalue weighted by Crippen LogP contribution is 2.27. The topological polar surface area (TPSA) is 105 Å². The number of nitrogens with one attached hydrogen (secondary N) is 1. The van der Waals surface area contributed by atoms with Crippen LogP contribution in [0.4, 0.5) is 0 Å². The van der Waals surface area contributed by atoms with Gasteiger partial charge in [0.15, 0.2) is 11.5 Å². The molecule has 32 heavy (non-hydrogen) atoms. The second-order valence-corrected chi connectivity index (χ2v) is 7.74. The maximum absolute atomic E-state index is 9.10. The van der Waals surface area contributed by atoms with E-state index in [2.05, 4.69) is 46.4 Å². The van der Waals surface area contributed by atoms with Gasteiger partial charge in [-0.1, -0.05) is 30.3 Å². The summed E-state index contributed by atoms with van der Waals surface area (Å²) in [6.45, 7) is 6.23. The number of thiophene rings is 1. The van der Waals surface area contributed by atoms with Crippen LogP contribution in [0.2, 0.25) is 0 Å². The summed E-state index contributed by atoms with van der Waals surface area (Å²) >= 11 is 1.72. The molecule has 1 aromatic heterocycles. The van der Waals surface area contributed by atoms with E-state index in [-0.39, 0.29) is 6.10 Å². The minimum atomic E-state index is -1.82. The molecule has 0 amide bonds. The Labute approximate surface area is 191 Å². The number of ether oxygens (including phenoxy) is 2. The molecule has 3 rings (SSSR count). The Morgan fingerprint density at radius 3 is 2.31 bits per heavy atom. The van der Waals surface area contributed by atoms with Crippen LogP contribution in [-0.2, 0) is 16.1 Å². The summed E-state index contributed by atoms with van der Waals surface area (Å²) in [5.74, 6) is -2.06.